The summed E-state index contributed by atoms with van der Waals surface area (Å²) in [6, 6.07) is 3.41. The van der Waals surface area contributed by atoms with Crippen LogP contribution in [0.3, 0.4) is 0 Å². The van der Waals surface area contributed by atoms with Crippen LogP contribution in [0.2, 0.25) is 0 Å². The maximum atomic E-state index is 12.6. The number of ether oxygens (including phenoxy) is 1. The van der Waals surface area contributed by atoms with Crippen LogP contribution in [0.5, 0.6) is 11.5 Å². The molecule has 0 bridgehead atoms. The summed E-state index contributed by atoms with van der Waals surface area (Å²) in [6.45, 7) is 6.60. The van der Waals surface area contributed by atoms with E-state index in [1.807, 2.05) is 26.8 Å². The number of carbonyl (C=O) groups is 1. The number of ketones is 1. The largest absolute Gasteiger partial charge is 0.504 e. The van der Waals surface area contributed by atoms with E-state index in [0.29, 0.717) is 30.9 Å². The first-order valence-electron chi connectivity index (χ1n) is 10.2. The molecule has 2 aliphatic rings. The van der Waals surface area contributed by atoms with Crippen LogP contribution >= 0.6 is 0 Å². The van der Waals surface area contributed by atoms with Crippen molar-refractivity contribution in [2.24, 2.45) is 5.92 Å². The van der Waals surface area contributed by atoms with Crippen LogP contribution in [0.4, 0.5) is 0 Å². The summed E-state index contributed by atoms with van der Waals surface area (Å²) >= 11 is 0. The molecule has 1 aromatic carbocycles. The van der Waals surface area contributed by atoms with Crippen LogP contribution < -0.4 is 10.1 Å². The highest BCUT2D eigenvalue weighted by Crippen LogP contribution is 2.54. The van der Waals surface area contributed by atoms with Gasteiger partial charge in [-0.2, -0.15) is 0 Å². The Labute approximate surface area is 162 Å². The van der Waals surface area contributed by atoms with Crippen LogP contribution in [0, 0.1) is 5.92 Å². The third kappa shape index (κ3) is 3.36. The molecule has 0 aliphatic heterocycles. The first-order valence-corrected chi connectivity index (χ1v) is 10.2. The zero-order valence-electron chi connectivity index (χ0n) is 17.0. The lowest BCUT2D eigenvalue weighted by molar-refractivity contribution is -0.126. The van der Waals surface area contributed by atoms with Crippen molar-refractivity contribution < 1.29 is 19.7 Å². The van der Waals surface area contributed by atoms with Gasteiger partial charge in [0.05, 0.1) is 12.7 Å². The Morgan fingerprint density at radius 2 is 2.04 bits per heavy atom. The first kappa shape index (κ1) is 20.2. The van der Waals surface area contributed by atoms with Crippen molar-refractivity contribution in [2.75, 3.05) is 13.7 Å². The number of aromatic hydroxyl groups is 1. The Bertz CT molecular complexity index is 711. The summed E-state index contributed by atoms with van der Waals surface area (Å²) in [6.07, 6.45) is 4.38. The molecular formula is C22H33NO4. The van der Waals surface area contributed by atoms with Gasteiger partial charge in [0.2, 0.25) is 0 Å². The molecule has 3 atom stereocenters. The average molecular weight is 376 g/mol. The number of nitrogens with one attached hydrogen (secondary N) is 1. The maximum Gasteiger partial charge on any atom is 0.164 e. The molecule has 0 heterocycles. The van der Waals surface area contributed by atoms with E-state index in [-0.39, 0.29) is 24.0 Å². The molecule has 1 saturated carbocycles. The molecular weight excluding hydrogens is 342 g/mol. The standard InChI is InChI=1S/C22H33NO4/c1-5-16(24)12-22(6-2)19-15(9-10-17(25)20(19)27-4)11-18(21(22,3)26)23-13-14-7-8-14/h9-10,14,18,23,25-26H,5-8,11-13H2,1-4H3. The predicted molar refractivity (Wildman–Crippen MR) is 105 cm³/mol. The molecule has 27 heavy (non-hydrogen) atoms. The second-order valence-electron chi connectivity index (χ2n) is 8.41. The average Bonchev–Trinajstić information content (AvgIpc) is 3.47. The number of fused-ring (bicyclic) bond motifs is 1. The predicted octanol–water partition coefficient (Wildman–Crippen LogP) is 3.09. The lowest BCUT2D eigenvalue weighted by Gasteiger charge is -2.54. The van der Waals surface area contributed by atoms with E-state index in [0.717, 1.165) is 17.7 Å². The number of methoxy groups -OCH3 is 1. The van der Waals surface area contributed by atoms with E-state index in [9.17, 15) is 15.0 Å². The third-order valence-corrected chi connectivity index (χ3v) is 6.82. The number of Topliss-reactive ketones (excluding diaryl/α,β-unsaturated/α-hetero) is 1. The van der Waals surface area contributed by atoms with Crippen molar-refractivity contribution in [3.8, 4) is 11.5 Å². The number of carbonyl (C=O) groups excluding carboxylic acids is 1. The van der Waals surface area contributed by atoms with Gasteiger partial charge in [-0.25, -0.2) is 0 Å². The Kier molecular flexibility index (Phi) is 5.55. The smallest absolute Gasteiger partial charge is 0.164 e. The Balaban J connectivity index is 2.15. The summed E-state index contributed by atoms with van der Waals surface area (Å²) in [5.74, 6) is 1.25. The minimum Gasteiger partial charge on any atom is -0.504 e. The Morgan fingerprint density at radius 1 is 1.33 bits per heavy atom. The molecule has 1 aromatic rings. The first-order chi connectivity index (χ1) is 12.8. The van der Waals surface area contributed by atoms with E-state index in [1.54, 1.807) is 6.07 Å². The van der Waals surface area contributed by atoms with Gasteiger partial charge in [-0.15, -0.1) is 0 Å². The molecule has 0 spiro atoms. The second-order valence-corrected chi connectivity index (χ2v) is 8.41. The van der Waals surface area contributed by atoms with Crippen LogP contribution in [0.1, 0.15) is 64.0 Å². The van der Waals surface area contributed by atoms with E-state index in [4.69, 9.17) is 4.74 Å². The van der Waals surface area contributed by atoms with E-state index < -0.39 is 11.0 Å². The summed E-state index contributed by atoms with van der Waals surface area (Å²) in [4.78, 5) is 12.6. The number of phenolic OH excluding ortho intramolecular Hbond substituents is 1. The van der Waals surface area contributed by atoms with Gasteiger partial charge in [0.25, 0.3) is 0 Å². The monoisotopic (exact) mass is 375 g/mol. The lowest BCUT2D eigenvalue weighted by Crippen LogP contribution is -2.65. The van der Waals surface area contributed by atoms with Crippen molar-refractivity contribution in [3.63, 3.8) is 0 Å². The van der Waals surface area contributed by atoms with Gasteiger partial charge in [-0.1, -0.05) is 19.9 Å². The molecule has 3 rings (SSSR count). The van der Waals surface area contributed by atoms with Crippen LogP contribution in [-0.4, -0.2) is 41.3 Å². The van der Waals surface area contributed by atoms with Crippen LogP contribution in [0.25, 0.3) is 0 Å². The molecule has 0 amide bonds. The summed E-state index contributed by atoms with van der Waals surface area (Å²) in [7, 11) is 1.53. The highest BCUT2D eigenvalue weighted by molar-refractivity contribution is 5.81. The number of hydrogen-bond acceptors (Lipinski definition) is 5. The lowest BCUT2D eigenvalue weighted by atomic mass is 9.55. The van der Waals surface area contributed by atoms with Gasteiger partial charge >= 0.3 is 0 Å². The fourth-order valence-corrected chi connectivity index (χ4v) is 4.81. The van der Waals surface area contributed by atoms with Gasteiger partial charge < -0.3 is 20.3 Å². The van der Waals surface area contributed by atoms with Gasteiger partial charge in [0, 0.05) is 29.9 Å². The minimum absolute atomic E-state index is 0.0539. The topological polar surface area (TPSA) is 78.8 Å². The van der Waals surface area contributed by atoms with Crippen LogP contribution in [0.15, 0.2) is 12.1 Å². The number of benzene rings is 1. The van der Waals surface area contributed by atoms with E-state index >= 15 is 0 Å². The highest BCUT2D eigenvalue weighted by atomic mass is 16.5. The van der Waals surface area contributed by atoms with Gasteiger partial charge in [-0.3, -0.25) is 4.79 Å². The number of rotatable bonds is 8. The van der Waals surface area contributed by atoms with Crippen molar-refractivity contribution in [1.82, 2.24) is 5.32 Å². The van der Waals surface area contributed by atoms with Gasteiger partial charge in [0.1, 0.15) is 5.78 Å². The molecule has 5 heteroatoms. The van der Waals surface area contributed by atoms with E-state index in [1.165, 1.54) is 20.0 Å². The maximum absolute atomic E-state index is 12.6. The van der Waals surface area contributed by atoms with Crippen LogP contribution in [-0.2, 0) is 16.6 Å². The summed E-state index contributed by atoms with van der Waals surface area (Å²) in [5, 5.41) is 25.8. The molecule has 0 radical (unpaired) electrons. The molecule has 3 N–H and O–H groups in total. The number of hydrogen-bond donors (Lipinski definition) is 3. The molecule has 0 saturated heterocycles. The third-order valence-electron chi connectivity index (χ3n) is 6.82. The van der Waals surface area contributed by atoms with Gasteiger partial charge in [0.15, 0.2) is 11.5 Å². The second kappa shape index (κ2) is 7.44. The molecule has 1 fully saturated rings. The highest BCUT2D eigenvalue weighted by Gasteiger charge is 2.57. The van der Waals surface area contributed by atoms with Crippen molar-refractivity contribution >= 4 is 5.78 Å². The van der Waals surface area contributed by atoms with Gasteiger partial charge in [-0.05, 0) is 56.7 Å². The summed E-state index contributed by atoms with van der Waals surface area (Å²) < 4.78 is 5.56. The van der Waals surface area contributed by atoms with Crippen molar-refractivity contribution in [1.29, 1.82) is 0 Å². The Hall–Kier alpha value is -1.59. The zero-order valence-corrected chi connectivity index (χ0v) is 17.0. The molecule has 150 valence electrons. The quantitative estimate of drug-likeness (QED) is 0.651. The normalized spacial score (nSPS) is 30.0. The fraction of sp³-hybridized carbons (Fsp3) is 0.682. The molecule has 0 aromatic heterocycles. The molecule has 2 aliphatic carbocycles. The zero-order chi connectivity index (χ0) is 19.8. The summed E-state index contributed by atoms with van der Waals surface area (Å²) in [5.41, 5.74) is -0.117. The minimum atomic E-state index is -1.14. The van der Waals surface area contributed by atoms with Crippen molar-refractivity contribution in [3.05, 3.63) is 23.3 Å². The molecule has 3 unspecified atom stereocenters. The number of aliphatic hydroxyl groups is 1. The fourth-order valence-electron chi connectivity index (χ4n) is 4.81. The SMILES string of the molecule is CCC(=O)CC1(CC)c2c(ccc(O)c2OC)CC(NCC2CC2)C1(C)O. The number of phenols is 1. The Morgan fingerprint density at radius 3 is 2.59 bits per heavy atom. The van der Waals surface area contributed by atoms with Crippen molar-refractivity contribution in [2.45, 2.75) is 76.4 Å². The van der Waals surface area contributed by atoms with E-state index in [2.05, 4.69) is 5.32 Å². The molecule has 5 nitrogen and oxygen atoms in total.